The van der Waals surface area contributed by atoms with Crippen LogP contribution in [-0.4, -0.2) is 15.1 Å². The molecule has 0 spiro atoms. The first-order chi connectivity index (χ1) is 6.40. The molecule has 0 unspecified atom stereocenters. The molecule has 0 atom stereocenters. The zero-order valence-corrected chi connectivity index (χ0v) is 7.66. The first-order valence-corrected chi connectivity index (χ1v) is 4.80. The molecule has 66 valence electrons. The molecule has 1 N–H and O–H groups in total. The van der Waals surface area contributed by atoms with Crippen LogP contribution in [0.4, 0.5) is 0 Å². The summed E-state index contributed by atoms with van der Waals surface area (Å²) in [7, 11) is 0. The predicted molar refractivity (Wildman–Crippen MR) is 51.3 cm³/mol. The zero-order chi connectivity index (χ0) is 9.10. The van der Waals surface area contributed by atoms with Crippen LogP contribution in [0.5, 0.6) is 0 Å². The topological polar surface area (TPSA) is 46.0 Å². The molecule has 0 aliphatic carbocycles. The summed E-state index contributed by atoms with van der Waals surface area (Å²) in [6.07, 6.45) is 1.66. The average Bonchev–Trinajstić information content (AvgIpc) is 2.71. The van der Waals surface area contributed by atoms with Crippen LogP contribution in [0.2, 0.25) is 0 Å². The Labute approximate surface area is 79.7 Å². The summed E-state index contributed by atoms with van der Waals surface area (Å²) in [4.78, 5) is 8.29. The van der Waals surface area contributed by atoms with Gasteiger partial charge >= 0.3 is 0 Å². The summed E-state index contributed by atoms with van der Waals surface area (Å²) in [5.74, 6) is 0.674. The van der Waals surface area contributed by atoms with Crippen molar-refractivity contribution in [3.8, 4) is 11.4 Å². The van der Waals surface area contributed by atoms with Gasteiger partial charge in [-0.15, -0.1) is 0 Å². The van der Waals surface area contributed by atoms with Crippen LogP contribution in [0.25, 0.3) is 11.4 Å². The van der Waals surface area contributed by atoms with Crippen molar-refractivity contribution in [1.29, 1.82) is 0 Å². The van der Waals surface area contributed by atoms with Crippen molar-refractivity contribution in [3.63, 3.8) is 0 Å². The lowest BCUT2D eigenvalue weighted by Gasteiger charge is -1.97. The van der Waals surface area contributed by atoms with E-state index in [-0.39, 0.29) is 6.61 Å². The Balaban J connectivity index is 2.41. The first-order valence-electron chi connectivity index (χ1n) is 3.85. The molecular formula is C9H8N2OS. The maximum absolute atomic E-state index is 8.87. The molecular weight excluding hydrogens is 184 g/mol. The largest absolute Gasteiger partial charge is 0.390 e. The van der Waals surface area contributed by atoms with Crippen LogP contribution >= 0.6 is 11.3 Å². The Hall–Kier alpha value is -1.26. The first kappa shape index (κ1) is 8.34. The van der Waals surface area contributed by atoms with Crippen molar-refractivity contribution in [2.45, 2.75) is 6.61 Å². The van der Waals surface area contributed by atoms with E-state index in [0.717, 1.165) is 5.56 Å². The van der Waals surface area contributed by atoms with Gasteiger partial charge in [-0.25, -0.2) is 9.97 Å². The monoisotopic (exact) mass is 192 g/mol. The third kappa shape index (κ3) is 1.74. The summed E-state index contributed by atoms with van der Waals surface area (Å²) in [5.41, 5.74) is 1.65. The van der Waals surface area contributed by atoms with Crippen LogP contribution in [0.3, 0.4) is 0 Å². The van der Waals surface area contributed by atoms with Gasteiger partial charge in [0.15, 0.2) is 5.82 Å². The minimum absolute atomic E-state index is 0.0420. The molecule has 0 bridgehead atoms. The van der Waals surface area contributed by atoms with Crippen molar-refractivity contribution in [2.24, 2.45) is 0 Å². The summed E-state index contributed by atoms with van der Waals surface area (Å²) >= 11 is 1.61. The fourth-order valence-electron chi connectivity index (χ4n) is 1.01. The Morgan fingerprint density at radius 3 is 3.00 bits per heavy atom. The summed E-state index contributed by atoms with van der Waals surface area (Å²) in [6.45, 7) is -0.0420. The number of thiophene rings is 1. The normalized spacial score (nSPS) is 10.2. The summed E-state index contributed by atoms with van der Waals surface area (Å²) in [6, 6.07) is 3.66. The van der Waals surface area contributed by atoms with Crippen molar-refractivity contribution in [1.82, 2.24) is 9.97 Å². The maximum Gasteiger partial charge on any atom is 0.160 e. The van der Waals surface area contributed by atoms with Gasteiger partial charge in [0, 0.05) is 17.1 Å². The Morgan fingerprint density at radius 1 is 1.38 bits per heavy atom. The molecule has 4 heteroatoms. The lowest BCUT2D eigenvalue weighted by Crippen LogP contribution is -1.93. The SMILES string of the molecule is OCc1ccnc(-c2ccsc2)n1. The number of hydrogen-bond donors (Lipinski definition) is 1. The third-order valence-corrected chi connectivity index (χ3v) is 2.34. The van der Waals surface area contributed by atoms with Gasteiger partial charge in [0.25, 0.3) is 0 Å². The Kier molecular flexibility index (Phi) is 2.33. The van der Waals surface area contributed by atoms with Gasteiger partial charge in [0.1, 0.15) is 0 Å². The number of rotatable bonds is 2. The molecule has 0 saturated heterocycles. The minimum Gasteiger partial charge on any atom is -0.390 e. The number of nitrogens with zero attached hydrogens (tertiary/aromatic N) is 2. The van der Waals surface area contributed by atoms with Gasteiger partial charge in [-0.3, -0.25) is 0 Å². The quantitative estimate of drug-likeness (QED) is 0.787. The predicted octanol–water partition coefficient (Wildman–Crippen LogP) is 1.70. The van der Waals surface area contributed by atoms with Crippen molar-refractivity contribution in [2.75, 3.05) is 0 Å². The second kappa shape index (κ2) is 3.64. The second-order valence-electron chi connectivity index (χ2n) is 2.54. The molecule has 0 aromatic carbocycles. The van der Waals surface area contributed by atoms with E-state index in [1.165, 1.54) is 0 Å². The molecule has 0 amide bonds. The van der Waals surface area contributed by atoms with Crippen LogP contribution in [-0.2, 0) is 6.61 Å². The van der Waals surface area contributed by atoms with E-state index in [1.807, 2.05) is 16.8 Å². The van der Waals surface area contributed by atoms with Crippen molar-refractivity contribution >= 4 is 11.3 Å². The zero-order valence-electron chi connectivity index (χ0n) is 6.84. The third-order valence-electron chi connectivity index (χ3n) is 1.65. The molecule has 2 heterocycles. The van der Waals surface area contributed by atoms with Gasteiger partial charge in [0.05, 0.1) is 12.3 Å². The average molecular weight is 192 g/mol. The van der Waals surface area contributed by atoms with E-state index in [9.17, 15) is 0 Å². The fourth-order valence-corrected chi connectivity index (χ4v) is 1.65. The van der Waals surface area contributed by atoms with Gasteiger partial charge < -0.3 is 5.11 Å². The molecule has 2 aromatic heterocycles. The lowest BCUT2D eigenvalue weighted by molar-refractivity contribution is 0.277. The van der Waals surface area contributed by atoms with Crippen LogP contribution in [0, 0.1) is 0 Å². The van der Waals surface area contributed by atoms with Crippen LogP contribution in [0.1, 0.15) is 5.69 Å². The van der Waals surface area contributed by atoms with Crippen LogP contribution in [0.15, 0.2) is 29.1 Å². The molecule has 0 saturated carbocycles. The van der Waals surface area contributed by atoms with E-state index in [2.05, 4.69) is 9.97 Å². The van der Waals surface area contributed by atoms with Crippen LogP contribution < -0.4 is 0 Å². The maximum atomic E-state index is 8.87. The number of aromatic nitrogens is 2. The highest BCUT2D eigenvalue weighted by Crippen LogP contribution is 2.17. The van der Waals surface area contributed by atoms with E-state index >= 15 is 0 Å². The highest BCUT2D eigenvalue weighted by atomic mass is 32.1. The highest BCUT2D eigenvalue weighted by Gasteiger charge is 2.01. The van der Waals surface area contributed by atoms with E-state index in [4.69, 9.17) is 5.11 Å². The summed E-state index contributed by atoms with van der Waals surface area (Å²) < 4.78 is 0. The second-order valence-corrected chi connectivity index (χ2v) is 3.32. The fraction of sp³-hybridized carbons (Fsp3) is 0.111. The highest BCUT2D eigenvalue weighted by molar-refractivity contribution is 7.08. The molecule has 0 aliphatic heterocycles. The molecule has 3 nitrogen and oxygen atoms in total. The Morgan fingerprint density at radius 2 is 2.31 bits per heavy atom. The molecule has 2 aromatic rings. The van der Waals surface area contributed by atoms with E-state index in [1.54, 1.807) is 23.6 Å². The molecule has 0 aliphatic rings. The minimum atomic E-state index is -0.0420. The molecule has 2 rings (SSSR count). The van der Waals surface area contributed by atoms with Gasteiger partial charge in [0.2, 0.25) is 0 Å². The van der Waals surface area contributed by atoms with Crippen molar-refractivity contribution in [3.05, 3.63) is 34.8 Å². The number of hydrogen-bond acceptors (Lipinski definition) is 4. The molecule has 13 heavy (non-hydrogen) atoms. The lowest BCUT2D eigenvalue weighted by atomic mass is 10.3. The summed E-state index contributed by atoms with van der Waals surface area (Å²) in [5, 5.41) is 12.8. The van der Waals surface area contributed by atoms with E-state index in [0.29, 0.717) is 11.5 Å². The van der Waals surface area contributed by atoms with Crippen molar-refractivity contribution < 1.29 is 5.11 Å². The standard InChI is InChI=1S/C9H8N2OS/c12-5-8-1-3-10-9(11-8)7-2-4-13-6-7/h1-4,6,12H,5H2. The van der Waals surface area contributed by atoms with E-state index < -0.39 is 0 Å². The number of aliphatic hydroxyl groups excluding tert-OH is 1. The Bertz CT molecular complexity index is 386. The van der Waals surface area contributed by atoms with Gasteiger partial charge in [-0.1, -0.05) is 0 Å². The molecule has 0 radical (unpaired) electrons. The number of aliphatic hydroxyl groups is 1. The molecule has 0 fully saturated rings. The van der Waals surface area contributed by atoms with Gasteiger partial charge in [-0.05, 0) is 17.5 Å². The smallest absolute Gasteiger partial charge is 0.160 e. The van der Waals surface area contributed by atoms with Gasteiger partial charge in [-0.2, -0.15) is 11.3 Å².